The van der Waals surface area contributed by atoms with Gasteiger partial charge in [-0.15, -0.1) is 5.10 Å². The summed E-state index contributed by atoms with van der Waals surface area (Å²) in [6, 6.07) is 8.57. The first-order chi connectivity index (χ1) is 11.7. The Labute approximate surface area is 151 Å². The second-order valence-corrected chi connectivity index (χ2v) is 6.80. The molecule has 7 nitrogen and oxygen atoms in total. The molecule has 2 aromatic rings. The van der Waals surface area contributed by atoms with Gasteiger partial charge in [-0.25, -0.2) is 9.48 Å². The van der Waals surface area contributed by atoms with Crippen LogP contribution < -0.4 is 10.6 Å². The molecular formula is C17H21ClN4O3. The Morgan fingerprint density at radius 2 is 2.00 bits per heavy atom. The first-order valence-corrected chi connectivity index (χ1v) is 8.18. The molecule has 0 bridgehead atoms. The number of halogens is 1. The number of nitrogens with one attached hydrogen (secondary N) is 2. The van der Waals surface area contributed by atoms with Gasteiger partial charge in [0, 0.05) is 23.7 Å². The van der Waals surface area contributed by atoms with E-state index in [1.807, 2.05) is 25.1 Å². The van der Waals surface area contributed by atoms with E-state index >= 15 is 0 Å². The molecular weight excluding hydrogens is 344 g/mol. The first kappa shape index (κ1) is 18.8. The minimum Gasteiger partial charge on any atom is -0.481 e. The molecule has 0 spiro atoms. The van der Waals surface area contributed by atoms with Crippen LogP contribution >= 0.6 is 11.6 Å². The molecule has 0 aliphatic rings. The Hall–Kier alpha value is -2.54. The summed E-state index contributed by atoms with van der Waals surface area (Å²) >= 11 is 6.18. The van der Waals surface area contributed by atoms with Gasteiger partial charge in [-0.05, 0) is 39.3 Å². The van der Waals surface area contributed by atoms with Crippen LogP contribution in [0.4, 0.5) is 10.6 Å². The van der Waals surface area contributed by atoms with Crippen LogP contribution in [0.3, 0.4) is 0 Å². The minimum atomic E-state index is -0.899. The molecule has 0 aliphatic carbocycles. The van der Waals surface area contributed by atoms with E-state index in [2.05, 4.69) is 15.7 Å². The van der Waals surface area contributed by atoms with Gasteiger partial charge in [0.05, 0.1) is 10.7 Å². The van der Waals surface area contributed by atoms with Crippen molar-refractivity contribution < 1.29 is 14.7 Å². The SMILES string of the molecule is Cc1cc(NC(=O)NC(C)(C)CCC(=O)O)nn1-c1ccccc1Cl. The van der Waals surface area contributed by atoms with Gasteiger partial charge in [0.1, 0.15) is 0 Å². The van der Waals surface area contributed by atoms with Crippen molar-refractivity contribution in [1.82, 2.24) is 15.1 Å². The number of urea groups is 1. The maximum Gasteiger partial charge on any atom is 0.320 e. The molecule has 0 atom stereocenters. The molecule has 25 heavy (non-hydrogen) atoms. The zero-order valence-electron chi connectivity index (χ0n) is 14.3. The van der Waals surface area contributed by atoms with Gasteiger partial charge in [0.2, 0.25) is 0 Å². The lowest BCUT2D eigenvalue weighted by atomic mass is 9.99. The fourth-order valence-electron chi connectivity index (χ4n) is 2.34. The van der Waals surface area contributed by atoms with Crippen LogP contribution in [0.15, 0.2) is 30.3 Å². The lowest BCUT2D eigenvalue weighted by Crippen LogP contribution is -2.45. The van der Waals surface area contributed by atoms with Gasteiger partial charge < -0.3 is 10.4 Å². The van der Waals surface area contributed by atoms with E-state index in [0.29, 0.717) is 17.3 Å². The smallest absolute Gasteiger partial charge is 0.320 e. The van der Waals surface area contributed by atoms with Crippen molar-refractivity contribution in [3.05, 3.63) is 41.0 Å². The summed E-state index contributed by atoms with van der Waals surface area (Å²) in [6.45, 7) is 5.39. The Balaban J connectivity index is 2.06. The molecule has 3 N–H and O–H groups in total. The Morgan fingerprint density at radius 1 is 1.32 bits per heavy atom. The highest BCUT2D eigenvalue weighted by molar-refractivity contribution is 6.32. The molecule has 1 aromatic heterocycles. The highest BCUT2D eigenvalue weighted by Gasteiger charge is 2.22. The monoisotopic (exact) mass is 364 g/mol. The van der Waals surface area contributed by atoms with Crippen LogP contribution in [0.25, 0.3) is 5.69 Å². The zero-order valence-corrected chi connectivity index (χ0v) is 15.1. The second kappa shape index (κ2) is 7.57. The van der Waals surface area contributed by atoms with Crippen LogP contribution in [0, 0.1) is 6.92 Å². The second-order valence-electron chi connectivity index (χ2n) is 6.39. The van der Waals surface area contributed by atoms with Crippen LogP contribution in [-0.2, 0) is 4.79 Å². The summed E-state index contributed by atoms with van der Waals surface area (Å²) in [5, 5.41) is 19.1. The highest BCUT2D eigenvalue weighted by Crippen LogP contribution is 2.22. The van der Waals surface area contributed by atoms with Gasteiger partial charge in [0.15, 0.2) is 5.82 Å². The molecule has 1 heterocycles. The molecule has 134 valence electrons. The summed E-state index contributed by atoms with van der Waals surface area (Å²) in [7, 11) is 0. The fraction of sp³-hybridized carbons (Fsp3) is 0.353. The lowest BCUT2D eigenvalue weighted by molar-refractivity contribution is -0.137. The minimum absolute atomic E-state index is 0.0203. The van der Waals surface area contributed by atoms with Crippen LogP contribution in [-0.4, -0.2) is 32.4 Å². The Morgan fingerprint density at radius 3 is 2.64 bits per heavy atom. The maximum atomic E-state index is 12.2. The normalized spacial score (nSPS) is 11.2. The topological polar surface area (TPSA) is 96.2 Å². The van der Waals surface area contributed by atoms with Gasteiger partial charge in [-0.2, -0.15) is 0 Å². The van der Waals surface area contributed by atoms with Crippen LogP contribution in [0.1, 0.15) is 32.4 Å². The van der Waals surface area contributed by atoms with E-state index in [4.69, 9.17) is 16.7 Å². The fourth-order valence-corrected chi connectivity index (χ4v) is 2.56. The Bertz CT molecular complexity index is 786. The third kappa shape index (κ3) is 5.22. The number of aliphatic carboxylic acids is 1. The molecule has 0 fully saturated rings. The number of hydrogen-bond donors (Lipinski definition) is 3. The quantitative estimate of drug-likeness (QED) is 0.729. The number of nitrogens with zero attached hydrogens (tertiary/aromatic N) is 2. The highest BCUT2D eigenvalue weighted by atomic mass is 35.5. The molecule has 0 saturated carbocycles. The number of hydrogen-bond acceptors (Lipinski definition) is 3. The van der Waals surface area contributed by atoms with Gasteiger partial charge in [-0.3, -0.25) is 10.1 Å². The maximum absolute atomic E-state index is 12.2. The number of aromatic nitrogens is 2. The van der Waals surface area contributed by atoms with E-state index in [0.717, 1.165) is 11.4 Å². The number of carboxylic acid groups (broad SMARTS) is 1. The molecule has 0 unspecified atom stereocenters. The van der Waals surface area contributed by atoms with Crippen molar-refractivity contribution in [2.75, 3.05) is 5.32 Å². The summed E-state index contributed by atoms with van der Waals surface area (Å²) in [6.07, 6.45) is 0.302. The van der Waals surface area contributed by atoms with E-state index in [9.17, 15) is 9.59 Å². The number of carboxylic acids is 1. The van der Waals surface area contributed by atoms with Crippen molar-refractivity contribution in [3.63, 3.8) is 0 Å². The van der Waals surface area contributed by atoms with E-state index in [-0.39, 0.29) is 6.42 Å². The number of carbonyl (C=O) groups is 2. The van der Waals surface area contributed by atoms with E-state index in [1.165, 1.54) is 0 Å². The van der Waals surface area contributed by atoms with E-state index < -0.39 is 17.5 Å². The molecule has 8 heteroatoms. The summed E-state index contributed by atoms with van der Waals surface area (Å²) in [4.78, 5) is 22.8. The van der Waals surface area contributed by atoms with Crippen molar-refractivity contribution in [1.29, 1.82) is 0 Å². The third-order valence-electron chi connectivity index (χ3n) is 3.63. The summed E-state index contributed by atoms with van der Waals surface area (Å²) in [5.41, 5.74) is 0.883. The molecule has 0 aliphatic heterocycles. The number of para-hydroxylation sites is 1. The number of aryl methyl sites for hydroxylation is 1. The molecule has 0 radical (unpaired) electrons. The zero-order chi connectivity index (χ0) is 18.6. The summed E-state index contributed by atoms with van der Waals surface area (Å²) < 4.78 is 1.65. The van der Waals surface area contributed by atoms with Gasteiger partial charge in [-0.1, -0.05) is 23.7 Å². The lowest BCUT2D eigenvalue weighted by Gasteiger charge is -2.25. The predicted molar refractivity (Wildman–Crippen MR) is 96.4 cm³/mol. The van der Waals surface area contributed by atoms with Crippen molar-refractivity contribution in [2.24, 2.45) is 0 Å². The van der Waals surface area contributed by atoms with Crippen molar-refractivity contribution in [3.8, 4) is 5.69 Å². The van der Waals surface area contributed by atoms with Crippen molar-refractivity contribution in [2.45, 2.75) is 39.2 Å². The van der Waals surface area contributed by atoms with Gasteiger partial charge >= 0.3 is 12.0 Å². The van der Waals surface area contributed by atoms with Crippen LogP contribution in [0.5, 0.6) is 0 Å². The average molecular weight is 365 g/mol. The Kier molecular flexibility index (Phi) is 5.69. The number of benzene rings is 1. The molecule has 0 saturated heterocycles. The van der Waals surface area contributed by atoms with E-state index in [1.54, 1.807) is 30.7 Å². The van der Waals surface area contributed by atoms with Crippen LogP contribution in [0.2, 0.25) is 5.02 Å². The number of anilines is 1. The predicted octanol–water partition coefficient (Wildman–Crippen LogP) is 3.60. The molecule has 1 aromatic carbocycles. The number of rotatable bonds is 6. The first-order valence-electron chi connectivity index (χ1n) is 7.80. The largest absolute Gasteiger partial charge is 0.481 e. The molecule has 2 amide bonds. The number of carbonyl (C=O) groups excluding carboxylic acids is 1. The molecule has 2 rings (SSSR count). The summed E-state index contributed by atoms with van der Waals surface area (Å²) in [5.74, 6) is -0.520. The number of amides is 2. The average Bonchev–Trinajstić information content (AvgIpc) is 2.85. The van der Waals surface area contributed by atoms with Gasteiger partial charge in [0.25, 0.3) is 0 Å². The standard InChI is InChI=1S/C17H21ClN4O3/c1-11-10-14(21-22(11)13-7-5-4-6-12(13)18)19-16(25)20-17(2,3)9-8-15(23)24/h4-7,10H,8-9H2,1-3H3,(H,23,24)(H2,19,20,21,25). The third-order valence-corrected chi connectivity index (χ3v) is 3.95. The van der Waals surface area contributed by atoms with Crippen molar-refractivity contribution >= 4 is 29.4 Å².